The van der Waals surface area contributed by atoms with E-state index >= 15 is 0 Å². The highest BCUT2D eigenvalue weighted by atomic mass is 16.2. The smallest absolute Gasteiger partial charge is 0.253 e. The number of nitrogens with two attached hydrogens (primary N) is 1. The number of amides is 2. The zero-order valence-corrected chi connectivity index (χ0v) is 18.9. The Morgan fingerprint density at radius 2 is 1.60 bits per heavy atom. The number of H-pyrrole nitrogens is 2. The molecule has 1 aliphatic rings. The fourth-order valence-corrected chi connectivity index (χ4v) is 4.56. The number of para-hydroxylation sites is 3. The topological polar surface area (TPSA) is 124 Å². The molecule has 2 amide bonds. The zero-order chi connectivity index (χ0) is 23.9. The van der Waals surface area contributed by atoms with Crippen LogP contribution >= 0.6 is 0 Å². The Balaban J connectivity index is 1.20. The van der Waals surface area contributed by atoms with Crippen molar-refractivity contribution in [3.05, 3.63) is 77.9 Å². The molecule has 1 aliphatic heterocycles. The van der Waals surface area contributed by atoms with Gasteiger partial charge in [-0.25, -0.2) is 9.97 Å². The van der Waals surface area contributed by atoms with Gasteiger partial charge in [0.15, 0.2) is 0 Å². The molecule has 0 aliphatic carbocycles. The van der Waals surface area contributed by atoms with Crippen molar-refractivity contribution in [1.82, 2.24) is 24.8 Å². The van der Waals surface area contributed by atoms with E-state index in [9.17, 15) is 9.59 Å². The fourth-order valence-electron chi connectivity index (χ4n) is 4.56. The average Bonchev–Trinajstić information content (AvgIpc) is 3.53. The first kappa shape index (κ1) is 20.9. The van der Waals surface area contributed by atoms with Crippen molar-refractivity contribution in [2.45, 2.75) is 0 Å². The number of piperazine rings is 1. The molecule has 3 aromatic carbocycles. The van der Waals surface area contributed by atoms with E-state index in [1.165, 1.54) is 0 Å². The highest BCUT2D eigenvalue weighted by molar-refractivity contribution is 6.04. The molecule has 6 rings (SSSR count). The summed E-state index contributed by atoms with van der Waals surface area (Å²) < 4.78 is 0. The first-order valence-electron chi connectivity index (χ1n) is 11.4. The molecule has 0 radical (unpaired) electrons. The predicted molar refractivity (Wildman–Crippen MR) is 134 cm³/mol. The van der Waals surface area contributed by atoms with Crippen LogP contribution in [0, 0.1) is 0 Å². The second kappa shape index (κ2) is 8.28. The van der Waals surface area contributed by atoms with Gasteiger partial charge in [0.2, 0.25) is 5.95 Å². The van der Waals surface area contributed by atoms with Crippen LogP contribution in [0.5, 0.6) is 0 Å². The van der Waals surface area contributed by atoms with E-state index in [0.717, 1.165) is 28.1 Å². The summed E-state index contributed by atoms with van der Waals surface area (Å²) in [5, 5.41) is 0. The lowest BCUT2D eigenvalue weighted by atomic mass is 10.1. The van der Waals surface area contributed by atoms with E-state index in [1.54, 1.807) is 12.1 Å². The highest BCUT2D eigenvalue weighted by Gasteiger charge is 2.24. The first-order valence-corrected chi connectivity index (χ1v) is 11.4. The fraction of sp³-hybridized carbons (Fsp3) is 0.154. The molecule has 0 spiro atoms. The highest BCUT2D eigenvalue weighted by Crippen LogP contribution is 2.25. The van der Waals surface area contributed by atoms with Gasteiger partial charge in [-0.2, -0.15) is 0 Å². The number of aromatic nitrogens is 4. The number of nitrogens with zero attached hydrogens (tertiary/aromatic N) is 4. The number of primary amides is 1. The number of carbonyl (C=O) groups excluding carboxylic acids is 2. The van der Waals surface area contributed by atoms with Crippen LogP contribution in [0.4, 0.5) is 5.95 Å². The van der Waals surface area contributed by atoms with Crippen molar-refractivity contribution in [2.75, 3.05) is 31.1 Å². The maximum absolute atomic E-state index is 13.3. The van der Waals surface area contributed by atoms with Crippen LogP contribution in [-0.2, 0) is 0 Å². The van der Waals surface area contributed by atoms with Gasteiger partial charge in [0.05, 0.1) is 22.1 Å². The van der Waals surface area contributed by atoms with Crippen molar-refractivity contribution in [3.8, 4) is 11.4 Å². The standard InChI is InChI=1S/C26H23N7O2/c27-23(34)18-7-4-10-21-22(18)31-24(28-21)16-5-3-6-17(15-16)25(35)32-11-13-33(14-12-32)26-29-19-8-1-2-9-20(19)30-26/h1-10,15H,11-14H2,(H2,27,34)(H,28,31)(H,29,30). The Hall–Kier alpha value is -4.66. The van der Waals surface area contributed by atoms with Crippen LogP contribution in [0.2, 0.25) is 0 Å². The van der Waals surface area contributed by atoms with Gasteiger partial charge in [-0.05, 0) is 36.4 Å². The normalized spacial score (nSPS) is 14.1. The van der Waals surface area contributed by atoms with Crippen molar-refractivity contribution >= 4 is 39.8 Å². The van der Waals surface area contributed by atoms with Crippen LogP contribution in [0.15, 0.2) is 66.7 Å². The minimum atomic E-state index is -0.528. The number of rotatable bonds is 4. The van der Waals surface area contributed by atoms with E-state index in [4.69, 9.17) is 5.73 Å². The number of nitrogens with one attached hydrogen (secondary N) is 2. The third-order valence-corrected chi connectivity index (χ3v) is 6.40. The summed E-state index contributed by atoms with van der Waals surface area (Å²) >= 11 is 0. The number of hydrogen-bond donors (Lipinski definition) is 3. The number of benzene rings is 3. The van der Waals surface area contributed by atoms with Gasteiger partial charge < -0.3 is 25.5 Å². The minimum Gasteiger partial charge on any atom is -0.366 e. The van der Waals surface area contributed by atoms with E-state index < -0.39 is 5.91 Å². The van der Waals surface area contributed by atoms with Crippen molar-refractivity contribution in [2.24, 2.45) is 5.73 Å². The molecule has 0 atom stereocenters. The zero-order valence-electron chi connectivity index (χ0n) is 18.9. The second-order valence-corrected chi connectivity index (χ2v) is 8.59. The lowest BCUT2D eigenvalue weighted by Gasteiger charge is -2.34. The summed E-state index contributed by atoms with van der Waals surface area (Å²) in [7, 11) is 0. The van der Waals surface area contributed by atoms with E-state index in [-0.39, 0.29) is 5.91 Å². The molecule has 3 heterocycles. The molecule has 174 valence electrons. The Kier molecular flexibility index (Phi) is 4.95. The second-order valence-electron chi connectivity index (χ2n) is 8.59. The Morgan fingerprint density at radius 1 is 0.829 bits per heavy atom. The Morgan fingerprint density at radius 3 is 2.40 bits per heavy atom. The van der Waals surface area contributed by atoms with Gasteiger partial charge in [-0.15, -0.1) is 0 Å². The molecule has 5 aromatic rings. The van der Waals surface area contributed by atoms with E-state index in [1.807, 2.05) is 59.5 Å². The number of hydrogen-bond acceptors (Lipinski definition) is 5. The summed E-state index contributed by atoms with van der Waals surface area (Å²) in [5.41, 5.74) is 10.4. The molecule has 1 fully saturated rings. The van der Waals surface area contributed by atoms with Crippen LogP contribution in [-0.4, -0.2) is 62.8 Å². The van der Waals surface area contributed by atoms with E-state index in [2.05, 4.69) is 24.8 Å². The molecule has 0 unspecified atom stereocenters. The van der Waals surface area contributed by atoms with Crippen molar-refractivity contribution < 1.29 is 9.59 Å². The van der Waals surface area contributed by atoms with Gasteiger partial charge in [-0.1, -0.05) is 30.3 Å². The van der Waals surface area contributed by atoms with Gasteiger partial charge >= 0.3 is 0 Å². The number of imidazole rings is 2. The number of fused-ring (bicyclic) bond motifs is 2. The Bertz CT molecular complexity index is 1540. The molecule has 4 N–H and O–H groups in total. The number of anilines is 1. The van der Waals surface area contributed by atoms with Crippen LogP contribution in [0.3, 0.4) is 0 Å². The third-order valence-electron chi connectivity index (χ3n) is 6.40. The molecular formula is C26H23N7O2. The molecule has 1 saturated heterocycles. The van der Waals surface area contributed by atoms with Crippen LogP contribution in [0.25, 0.3) is 33.5 Å². The van der Waals surface area contributed by atoms with Crippen molar-refractivity contribution in [3.63, 3.8) is 0 Å². The molecule has 2 aromatic heterocycles. The largest absolute Gasteiger partial charge is 0.366 e. The lowest BCUT2D eigenvalue weighted by Crippen LogP contribution is -2.49. The quantitative estimate of drug-likeness (QED) is 0.376. The summed E-state index contributed by atoms with van der Waals surface area (Å²) in [6, 6.07) is 20.6. The van der Waals surface area contributed by atoms with Gasteiger partial charge in [0, 0.05) is 37.3 Å². The van der Waals surface area contributed by atoms with E-state index in [0.29, 0.717) is 48.6 Å². The maximum atomic E-state index is 13.3. The summed E-state index contributed by atoms with van der Waals surface area (Å²) in [5.74, 6) is 0.864. The molecule has 9 heteroatoms. The summed E-state index contributed by atoms with van der Waals surface area (Å²) in [4.78, 5) is 44.9. The predicted octanol–water partition coefficient (Wildman–Crippen LogP) is 3.17. The third kappa shape index (κ3) is 3.76. The minimum absolute atomic E-state index is 0.0231. The summed E-state index contributed by atoms with van der Waals surface area (Å²) in [6.45, 7) is 2.61. The number of aromatic amines is 2. The number of carbonyl (C=O) groups is 2. The Labute approximate surface area is 200 Å². The summed E-state index contributed by atoms with van der Waals surface area (Å²) in [6.07, 6.45) is 0. The van der Waals surface area contributed by atoms with Crippen molar-refractivity contribution in [1.29, 1.82) is 0 Å². The molecule has 35 heavy (non-hydrogen) atoms. The molecule has 0 saturated carbocycles. The molecule has 0 bridgehead atoms. The lowest BCUT2D eigenvalue weighted by molar-refractivity contribution is 0.0746. The maximum Gasteiger partial charge on any atom is 0.253 e. The molecule has 9 nitrogen and oxygen atoms in total. The van der Waals surface area contributed by atoms with Gasteiger partial charge in [0.25, 0.3) is 11.8 Å². The SMILES string of the molecule is NC(=O)c1cccc2[nH]c(-c3cccc(C(=O)N4CCN(c5nc6ccccc6[nH]5)CC4)c3)nc12. The monoisotopic (exact) mass is 465 g/mol. The van der Waals surface area contributed by atoms with Gasteiger partial charge in [-0.3, -0.25) is 9.59 Å². The first-order chi connectivity index (χ1) is 17.1. The van der Waals surface area contributed by atoms with Gasteiger partial charge in [0.1, 0.15) is 11.3 Å². The molecular weight excluding hydrogens is 442 g/mol. The van der Waals surface area contributed by atoms with Crippen LogP contribution < -0.4 is 10.6 Å². The average molecular weight is 466 g/mol. The van der Waals surface area contributed by atoms with Crippen LogP contribution in [0.1, 0.15) is 20.7 Å².